The van der Waals surface area contributed by atoms with Gasteiger partial charge in [-0.05, 0) is 80.9 Å². The molecule has 2 aromatic carbocycles. The van der Waals surface area contributed by atoms with Gasteiger partial charge in [0.05, 0.1) is 18.2 Å². The van der Waals surface area contributed by atoms with Crippen molar-refractivity contribution in [2.45, 2.75) is 59.1 Å². The Morgan fingerprint density at radius 1 is 1.11 bits per heavy atom. The topological polar surface area (TPSA) is 79.3 Å². The normalized spacial score (nSPS) is 20.4. The maximum atomic E-state index is 13.3. The minimum absolute atomic E-state index is 0.0669. The molecule has 0 radical (unpaired) electrons. The lowest BCUT2D eigenvalue weighted by Gasteiger charge is -2.27. The molecule has 0 unspecified atom stereocenters. The second-order valence-corrected chi connectivity index (χ2v) is 9.75. The summed E-state index contributed by atoms with van der Waals surface area (Å²) in [5.74, 6) is 0.150. The zero-order chi connectivity index (χ0) is 26.5. The van der Waals surface area contributed by atoms with Gasteiger partial charge >= 0.3 is 0 Å². The molecule has 2 atom stereocenters. The maximum absolute atomic E-state index is 13.3. The van der Waals surface area contributed by atoms with E-state index in [-0.39, 0.29) is 17.4 Å². The Balaban J connectivity index is 1.71. The third kappa shape index (κ3) is 5.67. The second-order valence-electron chi connectivity index (χ2n) is 9.75. The molecule has 1 N–H and O–H groups in total. The van der Waals surface area contributed by atoms with E-state index in [1.807, 2.05) is 50.2 Å². The fraction of sp³-hybridized carbons (Fsp3) is 0.467. The maximum Gasteiger partial charge on any atom is 0.295 e. The average Bonchev–Trinajstić information content (AvgIpc) is 3.40. The number of nitrogens with zero attached hydrogens (tertiary/aromatic N) is 2. The number of benzene rings is 2. The van der Waals surface area contributed by atoms with Gasteiger partial charge in [0.15, 0.2) is 0 Å². The highest BCUT2D eigenvalue weighted by Gasteiger charge is 2.46. The number of Topliss-reactive ketones (excluding diaryl/α,β-unsaturated/α-hetero) is 1. The molecule has 0 saturated carbocycles. The predicted octanol–water partition coefficient (Wildman–Crippen LogP) is 4.95. The van der Waals surface area contributed by atoms with Gasteiger partial charge in [-0.1, -0.05) is 32.9 Å². The van der Waals surface area contributed by atoms with Gasteiger partial charge in [-0.3, -0.25) is 9.59 Å². The van der Waals surface area contributed by atoms with Crippen LogP contribution in [0.25, 0.3) is 5.76 Å². The highest BCUT2D eigenvalue weighted by Crippen LogP contribution is 2.41. The van der Waals surface area contributed by atoms with Crippen molar-refractivity contribution in [3.8, 4) is 11.5 Å². The SMILES string of the molecule is CCCOc1ccc([C@H]2C(=C(O)c3ccc4c(c3)C[C@H](C)O4)C(=O)C(=O)N2CCCN(CC)CC)cc1. The van der Waals surface area contributed by atoms with Crippen LogP contribution in [0.15, 0.2) is 48.0 Å². The summed E-state index contributed by atoms with van der Waals surface area (Å²) in [6.07, 6.45) is 2.44. The van der Waals surface area contributed by atoms with E-state index in [1.54, 1.807) is 11.0 Å². The zero-order valence-corrected chi connectivity index (χ0v) is 22.3. The summed E-state index contributed by atoms with van der Waals surface area (Å²) in [5.41, 5.74) is 2.40. The van der Waals surface area contributed by atoms with Crippen molar-refractivity contribution in [3.05, 3.63) is 64.7 Å². The van der Waals surface area contributed by atoms with E-state index in [2.05, 4.69) is 18.7 Å². The van der Waals surface area contributed by atoms with E-state index in [9.17, 15) is 14.7 Å². The minimum atomic E-state index is -0.666. The largest absolute Gasteiger partial charge is 0.507 e. The fourth-order valence-corrected chi connectivity index (χ4v) is 5.15. The number of rotatable bonds is 11. The lowest BCUT2D eigenvalue weighted by atomic mass is 9.94. The quantitative estimate of drug-likeness (QED) is 0.264. The molecule has 0 spiro atoms. The van der Waals surface area contributed by atoms with E-state index in [1.165, 1.54) is 0 Å². The van der Waals surface area contributed by atoms with E-state index in [0.29, 0.717) is 18.7 Å². The van der Waals surface area contributed by atoms with Crippen LogP contribution in [-0.4, -0.2) is 65.5 Å². The lowest BCUT2D eigenvalue weighted by Crippen LogP contribution is -2.33. The molecule has 2 aliphatic rings. The first-order valence-corrected chi connectivity index (χ1v) is 13.4. The van der Waals surface area contributed by atoms with Crippen LogP contribution in [0.5, 0.6) is 11.5 Å². The van der Waals surface area contributed by atoms with Crippen LogP contribution in [0.4, 0.5) is 0 Å². The summed E-state index contributed by atoms with van der Waals surface area (Å²) >= 11 is 0. The van der Waals surface area contributed by atoms with Gasteiger partial charge in [0, 0.05) is 18.5 Å². The van der Waals surface area contributed by atoms with Gasteiger partial charge in [0.2, 0.25) is 0 Å². The molecular formula is C30H38N2O5. The van der Waals surface area contributed by atoms with Crippen LogP contribution in [0.3, 0.4) is 0 Å². The summed E-state index contributed by atoms with van der Waals surface area (Å²) < 4.78 is 11.5. The number of carbonyl (C=O) groups excluding carboxylic acids is 2. The van der Waals surface area contributed by atoms with Crippen molar-refractivity contribution >= 4 is 17.4 Å². The Kier molecular flexibility index (Phi) is 8.54. The van der Waals surface area contributed by atoms with Crippen molar-refractivity contribution in [1.29, 1.82) is 0 Å². The molecule has 1 saturated heterocycles. The molecule has 2 heterocycles. The van der Waals surface area contributed by atoms with Gasteiger partial charge in [0.25, 0.3) is 11.7 Å². The van der Waals surface area contributed by atoms with Crippen LogP contribution in [-0.2, 0) is 16.0 Å². The monoisotopic (exact) mass is 506 g/mol. The number of likely N-dealkylation sites (tertiary alicyclic amines) is 1. The summed E-state index contributed by atoms with van der Waals surface area (Å²) in [7, 11) is 0. The molecular weight excluding hydrogens is 468 g/mol. The van der Waals surface area contributed by atoms with Crippen molar-refractivity contribution in [1.82, 2.24) is 9.80 Å². The average molecular weight is 507 g/mol. The van der Waals surface area contributed by atoms with Crippen LogP contribution < -0.4 is 9.47 Å². The molecule has 0 aliphatic carbocycles. The number of fused-ring (bicyclic) bond motifs is 1. The van der Waals surface area contributed by atoms with E-state index in [4.69, 9.17) is 9.47 Å². The first kappa shape index (κ1) is 26.7. The van der Waals surface area contributed by atoms with Crippen molar-refractivity contribution in [3.63, 3.8) is 0 Å². The smallest absolute Gasteiger partial charge is 0.295 e. The number of ether oxygens (including phenoxy) is 2. The van der Waals surface area contributed by atoms with Crippen molar-refractivity contribution < 1.29 is 24.2 Å². The molecule has 37 heavy (non-hydrogen) atoms. The van der Waals surface area contributed by atoms with Crippen LogP contribution in [0.2, 0.25) is 0 Å². The highest BCUT2D eigenvalue weighted by molar-refractivity contribution is 6.46. The summed E-state index contributed by atoms with van der Waals surface area (Å²) in [6.45, 7) is 12.0. The van der Waals surface area contributed by atoms with Gasteiger partial charge in [-0.15, -0.1) is 0 Å². The summed E-state index contributed by atoms with van der Waals surface area (Å²) in [5, 5.41) is 11.4. The molecule has 198 valence electrons. The molecule has 0 bridgehead atoms. The van der Waals surface area contributed by atoms with E-state index in [0.717, 1.165) is 61.5 Å². The Morgan fingerprint density at radius 2 is 1.84 bits per heavy atom. The van der Waals surface area contributed by atoms with Gasteiger partial charge in [-0.2, -0.15) is 0 Å². The van der Waals surface area contributed by atoms with Gasteiger partial charge < -0.3 is 24.4 Å². The Bertz CT molecular complexity index is 1150. The molecule has 7 heteroatoms. The molecule has 7 nitrogen and oxygen atoms in total. The zero-order valence-electron chi connectivity index (χ0n) is 22.3. The van der Waals surface area contributed by atoms with Gasteiger partial charge in [-0.25, -0.2) is 0 Å². The lowest BCUT2D eigenvalue weighted by molar-refractivity contribution is -0.140. The number of hydrogen-bond acceptors (Lipinski definition) is 6. The third-order valence-corrected chi connectivity index (χ3v) is 7.15. The third-order valence-electron chi connectivity index (χ3n) is 7.15. The number of ketones is 1. The van der Waals surface area contributed by atoms with Gasteiger partial charge in [0.1, 0.15) is 23.4 Å². The van der Waals surface area contributed by atoms with Crippen LogP contribution in [0, 0.1) is 0 Å². The number of amides is 1. The molecule has 2 aliphatic heterocycles. The molecule has 1 amide bonds. The molecule has 0 aromatic heterocycles. The molecule has 1 fully saturated rings. The number of aliphatic hydroxyl groups is 1. The number of carbonyl (C=O) groups is 2. The highest BCUT2D eigenvalue weighted by atomic mass is 16.5. The summed E-state index contributed by atoms with van der Waals surface area (Å²) in [4.78, 5) is 30.5. The first-order valence-electron chi connectivity index (χ1n) is 13.4. The standard InChI is InChI=1S/C30H38N2O5/c1-5-17-36-24-12-9-21(10-13-24)27-26(28(33)22-11-14-25-23(19-22)18-20(4)37-25)29(34)30(35)32(27)16-8-15-31(6-2)7-3/h9-14,19-20,27,33H,5-8,15-18H2,1-4H3/t20-,27-/m0/s1. The van der Waals surface area contributed by atoms with Crippen molar-refractivity contribution in [2.75, 3.05) is 32.8 Å². The van der Waals surface area contributed by atoms with E-state index >= 15 is 0 Å². The Morgan fingerprint density at radius 3 is 2.51 bits per heavy atom. The summed E-state index contributed by atoms with van der Waals surface area (Å²) in [6, 6.07) is 12.2. The Hall–Kier alpha value is -3.32. The van der Waals surface area contributed by atoms with E-state index < -0.39 is 17.7 Å². The molecule has 2 aromatic rings. The predicted molar refractivity (Wildman–Crippen MR) is 144 cm³/mol. The number of hydrogen-bond donors (Lipinski definition) is 1. The fourth-order valence-electron chi connectivity index (χ4n) is 5.15. The van der Waals surface area contributed by atoms with Crippen molar-refractivity contribution in [2.24, 2.45) is 0 Å². The number of aliphatic hydroxyl groups excluding tert-OH is 1. The molecule has 4 rings (SSSR count). The second kappa shape index (κ2) is 11.8. The van der Waals surface area contributed by atoms with Crippen LogP contribution in [0.1, 0.15) is 63.3 Å². The Labute approximate surface area is 219 Å². The minimum Gasteiger partial charge on any atom is -0.507 e. The van der Waals surface area contributed by atoms with Crippen LogP contribution >= 0.6 is 0 Å². The first-order chi connectivity index (χ1) is 17.9.